The summed E-state index contributed by atoms with van der Waals surface area (Å²) in [7, 11) is 1.41. The summed E-state index contributed by atoms with van der Waals surface area (Å²) >= 11 is 0. The molecule has 180 valence electrons. The zero-order valence-electron chi connectivity index (χ0n) is 18.7. The fraction of sp³-hybridized carbons (Fsp3) is 0.667. The molecule has 0 aromatic carbocycles. The van der Waals surface area contributed by atoms with Crippen LogP contribution in [0.1, 0.15) is 44.7 Å². The molecule has 2 aromatic rings. The van der Waals surface area contributed by atoms with Crippen LogP contribution in [-0.4, -0.2) is 73.6 Å². The second-order valence-electron chi connectivity index (χ2n) is 8.62. The van der Waals surface area contributed by atoms with Crippen molar-refractivity contribution in [1.82, 2.24) is 24.8 Å². The van der Waals surface area contributed by atoms with Gasteiger partial charge in [0.2, 0.25) is 0 Å². The molecule has 0 bridgehead atoms. The van der Waals surface area contributed by atoms with Crippen LogP contribution in [0.5, 0.6) is 0 Å². The van der Waals surface area contributed by atoms with Crippen molar-refractivity contribution < 1.29 is 29.3 Å². The molecular formula is C21H30N6O6. The monoisotopic (exact) mass is 462 g/mol. The van der Waals surface area contributed by atoms with Gasteiger partial charge in [-0.2, -0.15) is 0 Å². The standard InChI is InChI=1S/C21H30N6O6/c1-3-23-19(30)16-14(28)15(29)20(33-16)27-9-24-13-17(22)25-12(26-18(13)27)8-10-4-6-11(7-5-10)21(31)32-2/h9-11,14-16,20,28-29H,3-8H2,1-2H3,(H,23,30)(H2,22,25,26)/t10?,11?,14-,15+,16-,20+/m0/s1. The number of nitrogens with zero attached hydrogens (tertiary/aromatic N) is 4. The Hall–Kier alpha value is -2.83. The van der Waals surface area contributed by atoms with Crippen molar-refractivity contribution in [2.24, 2.45) is 11.8 Å². The maximum Gasteiger partial charge on any atom is 0.308 e. The Labute approximate surface area is 190 Å². The number of nitrogen functional groups attached to an aromatic ring is 1. The highest BCUT2D eigenvalue weighted by molar-refractivity contribution is 5.83. The number of carbonyl (C=O) groups excluding carboxylic acids is 2. The highest BCUT2D eigenvalue weighted by Gasteiger charge is 2.47. The van der Waals surface area contributed by atoms with Crippen LogP contribution >= 0.6 is 0 Å². The molecule has 1 saturated carbocycles. The van der Waals surface area contributed by atoms with Crippen molar-refractivity contribution in [3.05, 3.63) is 12.2 Å². The minimum Gasteiger partial charge on any atom is -0.469 e. The molecule has 12 nitrogen and oxygen atoms in total. The smallest absolute Gasteiger partial charge is 0.308 e. The van der Waals surface area contributed by atoms with E-state index in [4.69, 9.17) is 15.2 Å². The van der Waals surface area contributed by atoms with Gasteiger partial charge in [0.1, 0.15) is 23.5 Å². The Morgan fingerprint density at radius 3 is 2.64 bits per heavy atom. The van der Waals surface area contributed by atoms with E-state index in [1.165, 1.54) is 18.0 Å². The molecule has 5 N–H and O–H groups in total. The summed E-state index contributed by atoms with van der Waals surface area (Å²) in [5.41, 5.74) is 6.83. The molecule has 1 amide bonds. The van der Waals surface area contributed by atoms with Gasteiger partial charge in [-0.05, 0) is 38.5 Å². The summed E-state index contributed by atoms with van der Waals surface area (Å²) in [5.74, 6) is 0.292. The topological polar surface area (TPSA) is 175 Å². The number of ether oxygens (including phenoxy) is 2. The zero-order valence-corrected chi connectivity index (χ0v) is 18.7. The number of imidazole rings is 1. The predicted molar refractivity (Wildman–Crippen MR) is 116 cm³/mol. The van der Waals surface area contributed by atoms with Gasteiger partial charge in [0, 0.05) is 13.0 Å². The van der Waals surface area contributed by atoms with Crippen LogP contribution in [0.25, 0.3) is 11.2 Å². The lowest BCUT2D eigenvalue weighted by atomic mass is 9.80. The number of methoxy groups -OCH3 is 1. The van der Waals surface area contributed by atoms with Crippen molar-refractivity contribution >= 4 is 28.9 Å². The van der Waals surface area contributed by atoms with Crippen LogP contribution in [0, 0.1) is 11.8 Å². The molecule has 3 heterocycles. The van der Waals surface area contributed by atoms with E-state index in [1.54, 1.807) is 6.92 Å². The number of aliphatic hydroxyl groups is 2. The molecular weight excluding hydrogens is 432 g/mol. The highest BCUT2D eigenvalue weighted by Crippen LogP contribution is 2.34. The lowest BCUT2D eigenvalue weighted by Gasteiger charge is -2.26. The average Bonchev–Trinajstić information content (AvgIpc) is 3.35. The third kappa shape index (κ3) is 4.50. The van der Waals surface area contributed by atoms with Crippen LogP contribution in [0.2, 0.25) is 0 Å². The number of anilines is 1. The summed E-state index contributed by atoms with van der Waals surface area (Å²) < 4.78 is 12.0. The number of aliphatic hydroxyl groups excluding tert-OH is 2. The van der Waals surface area contributed by atoms with Crippen LogP contribution in [-0.2, 0) is 25.5 Å². The number of aromatic nitrogens is 4. The molecule has 0 unspecified atom stereocenters. The first kappa shape index (κ1) is 23.3. The number of fused-ring (bicyclic) bond motifs is 1. The van der Waals surface area contributed by atoms with Crippen LogP contribution in [0.15, 0.2) is 6.33 Å². The summed E-state index contributed by atoms with van der Waals surface area (Å²) in [6.45, 7) is 2.12. The maximum atomic E-state index is 12.2. The van der Waals surface area contributed by atoms with E-state index < -0.39 is 30.4 Å². The van der Waals surface area contributed by atoms with Gasteiger partial charge in [-0.1, -0.05) is 0 Å². The summed E-state index contributed by atoms with van der Waals surface area (Å²) in [6, 6.07) is 0. The molecule has 4 rings (SSSR count). The first-order valence-corrected chi connectivity index (χ1v) is 11.2. The number of rotatable bonds is 6. The SMILES string of the molecule is CCNC(=O)[C@H]1O[C@@H](n2cnc3c(N)nc(CC4CCC(C(=O)OC)CC4)nc32)[C@H](O)[C@@H]1O. The number of carbonyl (C=O) groups is 2. The Kier molecular flexibility index (Phi) is 6.77. The van der Waals surface area contributed by atoms with Crippen LogP contribution < -0.4 is 11.1 Å². The number of hydrogen-bond acceptors (Lipinski definition) is 10. The number of likely N-dealkylation sites (N-methyl/N-ethyl adjacent to an activating group) is 1. The summed E-state index contributed by atoms with van der Waals surface area (Å²) in [6.07, 6.45) is 0.171. The number of hydrogen-bond donors (Lipinski definition) is 4. The van der Waals surface area contributed by atoms with Gasteiger partial charge >= 0.3 is 5.97 Å². The highest BCUT2D eigenvalue weighted by atomic mass is 16.6. The molecule has 0 radical (unpaired) electrons. The first-order chi connectivity index (χ1) is 15.8. The van der Waals surface area contributed by atoms with E-state index in [9.17, 15) is 19.8 Å². The summed E-state index contributed by atoms with van der Waals surface area (Å²) in [4.78, 5) is 37.2. The van der Waals surface area contributed by atoms with E-state index in [0.717, 1.165) is 25.7 Å². The lowest BCUT2D eigenvalue weighted by molar-refractivity contribution is -0.146. The van der Waals surface area contributed by atoms with Crippen molar-refractivity contribution in [2.45, 2.75) is 63.6 Å². The van der Waals surface area contributed by atoms with Gasteiger partial charge in [0.25, 0.3) is 5.91 Å². The van der Waals surface area contributed by atoms with Gasteiger partial charge < -0.3 is 30.7 Å². The molecule has 1 aliphatic carbocycles. The quantitative estimate of drug-likeness (QED) is 0.417. The molecule has 33 heavy (non-hydrogen) atoms. The number of esters is 1. The van der Waals surface area contributed by atoms with Gasteiger partial charge in [-0.25, -0.2) is 15.0 Å². The molecule has 2 aliphatic rings. The Morgan fingerprint density at radius 2 is 1.97 bits per heavy atom. The molecule has 4 atom stereocenters. The van der Waals surface area contributed by atoms with Crippen molar-refractivity contribution in [3.63, 3.8) is 0 Å². The fourth-order valence-electron chi connectivity index (χ4n) is 4.67. The molecule has 12 heteroatoms. The van der Waals surface area contributed by atoms with E-state index in [1.807, 2.05) is 0 Å². The van der Waals surface area contributed by atoms with Crippen molar-refractivity contribution in [3.8, 4) is 0 Å². The third-order valence-electron chi connectivity index (χ3n) is 6.47. The molecule has 2 fully saturated rings. The van der Waals surface area contributed by atoms with E-state index in [0.29, 0.717) is 35.9 Å². The molecule has 1 saturated heterocycles. The van der Waals surface area contributed by atoms with Gasteiger partial charge in [0.05, 0.1) is 19.4 Å². The largest absolute Gasteiger partial charge is 0.469 e. The lowest BCUT2D eigenvalue weighted by Crippen LogP contribution is -2.42. The number of nitrogens with one attached hydrogen (secondary N) is 1. The minimum atomic E-state index is -1.40. The van der Waals surface area contributed by atoms with Crippen LogP contribution in [0.4, 0.5) is 5.82 Å². The summed E-state index contributed by atoms with van der Waals surface area (Å²) in [5, 5.41) is 23.5. The van der Waals surface area contributed by atoms with Crippen molar-refractivity contribution in [1.29, 1.82) is 0 Å². The molecule has 2 aromatic heterocycles. The molecule has 0 spiro atoms. The van der Waals surface area contributed by atoms with E-state index in [-0.39, 0.29) is 17.7 Å². The van der Waals surface area contributed by atoms with Gasteiger partial charge in [-0.15, -0.1) is 0 Å². The van der Waals surface area contributed by atoms with E-state index in [2.05, 4.69) is 20.3 Å². The fourth-order valence-corrected chi connectivity index (χ4v) is 4.67. The van der Waals surface area contributed by atoms with Gasteiger partial charge in [-0.3, -0.25) is 14.2 Å². The second kappa shape index (κ2) is 9.57. The second-order valence-corrected chi connectivity index (χ2v) is 8.62. The Bertz CT molecular complexity index is 1020. The normalized spacial score (nSPS) is 29.8. The number of amides is 1. The maximum absolute atomic E-state index is 12.2. The average molecular weight is 463 g/mol. The van der Waals surface area contributed by atoms with Crippen molar-refractivity contribution in [2.75, 3.05) is 19.4 Å². The van der Waals surface area contributed by atoms with Gasteiger partial charge in [0.15, 0.2) is 23.8 Å². The predicted octanol–water partition coefficient (Wildman–Crippen LogP) is -0.314. The van der Waals surface area contributed by atoms with Crippen LogP contribution in [0.3, 0.4) is 0 Å². The first-order valence-electron chi connectivity index (χ1n) is 11.2. The third-order valence-corrected chi connectivity index (χ3v) is 6.47. The Balaban J connectivity index is 1.53. The minimum absolute atomic E-state index is 0.0635. The molecule has 1 aliphatic heterocycles. The van der Waals surface area contributed by atoms with E-state index >= 15 is 0 Å². The zero-order chi connectivity index (χ0) is 23.7. The Morgan fingerprint density at radius 1 is 1.24 bits per heavy atom. The number of nitrogens with two attached hydrogens (primary N) is 1.